The van der Waals surface area contributed by atoms with Crippen molar-refractivity contribution in [3.63, 3.8) is 0 Å². The second-order valence-corrected chi connectivity index (χ2v) is 7.46. The molecule has 30 heavy (non-hydrogen) atoms. The summed E-state index contributed by atoms with van der Waals surface area (Å²) in [5.41, 5.74) is 1.80. The third-order valence-electron chi connectivity index (χ3n) is 4.67. The second-order valence-electron chi connectivity index (χ2n) is 6.68. The third kappa shape index (κ3) is 4.41. The van der Waals surface area contributed by atoms with Gasteiger partial charge in [-0.05, 0) is 29.1 Å². The smallest absolute Gasteiger partial charge is 0.248 e. The van der Waals surface area contributed by atoms with Gasteiger partial charge in [0.1, 0.15) is 17.6 Å². The Bertz CT molecular complexity index is 1100. The van der Waals surface area contributed by atoms with E-state index >= 15 is 0 Å². The van der Waals surface area contributed by atoms with Gasteiger partial charge in [-0.15, -0.1) is 10.2 Å². The number of hydrogen-bond acceptors (Lipinski definition) is 7. The van der Waals surface area contributed by atoms with E-state index < -0.39 is 0 Å². The number of benzene rings is 1. The van der Waals surface area contributed by atoms with E-state index in [1.165, 1.54) is 0 Å². The number of ether oxygens (including phenoxy) is 1. The van der Waals surface area contributed by atoms with Crippen molar-refractivity contribution in [1.29, 1.82) is 0 Å². The minimum atomic E-state index is -0.382. The molecule has 0 saturated carbocycles. The van der Waals surface area contributed by atoms with Gasteiger partial charge in [0, 0.05) is 43.2 Å². The molecule has 9 heteroatoms. The number of hydrogen-bond donors (Lipinski definition) is 1. The number of nitrogens with one attached hydrogen (secondary N) is 1. The van der Waals surface area contributed by atoms with Gasteiger partial charge in [-0.2, -0.15) is 11.3 Å². The van der Waals surface area contributed by atoms with Gasteiger partial charge in [-0.3, -0.25) is 4.79 Å². The minimum absolute atomic E-state index is 0.130. The number of aryl methyl sites for hydroxylation is 2. The Morgan fingerprint density at radius 2 is 2.10 bits per heavy atom. The van der Waals surface area contributed by atoms with E-state index in [1.54, 1.807) is 24.6 Å². The molecule has 0 saturated heterocycles. The van der Waals surface area contributed by atoms with E-state index in [2.05, 4.69) is 20.5 Å². The van der Waals surface area contributed by atoms with Crippen LogP contribution >= 0.6 is 11.3 Å². The lowest BCUT2D eigenvalue weighted by Crippen LogP contribution is -2.31. The summed E-state index contributed by atoms with van der Waals surface area (Å²) >= 11 is 1.56. The Labute approximate surface area is 177 Å². The Morgan fingerprint density at radius 3 is 2.77 bits per heavy atom. The van der Waals surface area contributed by atoms with Crippen LogP contribution in [-0.2, 0) is 18.3 Å². The van der Waals surface area contributed by atoms with Crippen molar-refractivity contribution in [2.45, 2.75) is 18.9 Å². The van der Waals surface area contributed by atoms with E-state index in [0.29, 0.717) is 18.2 Å². The Morgan fingerprint density at radius 1 is 1.27 bits per heavy atom. The molecule has 4 aromatic rings. The first-order valence-electron chi connectivity index (χ1n) is 9.39. The highest BCUT2D eigenvalue weighted by Crippen LogP contribution is 2.24. The van der Waals surface area contributed by atoms with Crippen LogP contribution in [0.15, 0.2) is 57.9 Å². The maximum absolute atomic E-state index is 12.7. The molecule has 0 bridgehead atoms. The van der Waals surface area contributed by atoms with Gasteiger partial charge in [-0.1, -0.05) is 12.1 Å². The molecule has 0 aliphatic heterocycles. The summed E-state index contributed by atoms with van der Waals surface area (Å²) in [6.07, 6.45) is 4.14. The first kappa shape index (κ1) is 19.8. The molecule has 8 nitrogen and oxygen atoms in total. The molecule has 154 valence electrons. The zero-order chi connectivity index (χ0) is 20.9. The van der Waals surface area contributed by atoms with Crippen LogP contribution in [0.3, 0.4) is 0 Å². The number of thiophene rings is 1. The van der Waals surface area contributed by atoms with Crippen LogP contribution in [0.4, 0.5) is 0 Å². The largest absolute Gasteiger partial charge is 0.497 e. The molecular weight excluding hydrogens is 402 g/mol. The Kier molecular flexibility index (Phi) is 5.89. The number of carbonyl (C=O) groups excluding carboxylic acids is 1. The van der Waals surface area contributed by atoms with E-state index in [4.69, 9.17) is 9.15 Å². The summed E-state index contributed by atoms with van der Waals surface area (Å²) in [5, 5.41) is 15.0. The fourth-order valence-corrected chi connectivity index (χ4v) is 3.69. The van der Waals surface area contributed by atoms with Crippen LogP contribution < -0.4 is 10.1 Å². The summed E-state index contributed by atoms with van der Waals surface area (Å²) in [4.78, 5) is 17.1. The number of aromatic nitrogens is 4. The predicted molar refractivity (Wildman–Crippen MR) is 112 cm³/mol. The molecule has 4 rings (SSSR count). The highest BCUT2D eigenvalue weighted by Gasteiger charge is 2.21. The van der Waals surface area contributed by atoms with Crippen LogP contribution in [-0.4, -0.2) is 32.8 Å². The quantitative estimate of drug-likeness (QED) is 0.467. The summed E-state index contributed by atoms with van der Waals surface area (Å²) in [7, 11) is 3.52. The normalized spacial score (nSPS) is 11.9. The van der Waals surface area contributed by atoms with Crippen molar-refractivity contribution in [2.75, 3.05) is 7.11 Å². The topological polar surface area (TPSA) is 95.1 Å². The number of imidazole rings is 1. The summed E-state index contributed by atoms with van der Waals surface area (Å²) in [5.74, 6) is 2.27. The lowest BCUT2D eigenvalue weighted by atomic mass is 10.1. The molecule has 1 atom stereocenters. The maximum atomic E-state index is 12.7. The number of nitrogens with zero attached hydrogens (tertiary/aromatic N) is 4. The summed E-state index contributed by atoms with van der Waals surface area (Å²) < 4.78 is 12.8. The van der Waals surface area contributed by atoms with Crippen LogP contribution in [0.25, 0.3) is 11.5 Å². The molecule has 0 spiro atoms. The lowest BCUT2D eigenvalue weighted by molar-refractivity contribution is -0.121. The third-order valence-corrected chi connectivity index (χ3v) is 5.36. The Balaban J connectivity index is 1.44. The standard InChI is InChI=1S/C21H21N5O3S/c1-26-11-10-22-20(26)19(14-3-5-16(28-2)6-4-14)23-17(27)7-8-18-24-25-21(29-18)15-9-12-30-13-15/h3-6,9-13,19H,7-8H2,1-2H3,(H,23,27)/t19-/m0/s1. The molecule has 1 N–H and O–H groups in total. The van der Waals surface area contributed by atoms with E-state index in [9.17, 15) is 4.79 Å². The second kappa shape index (κ2) is 8.91. The first-order valence-corrected chi connectivity index (χ1v) is 10.3. The summed E-state index contributed by atoms with van der Waals surface area (Å²) in [6.45, 7) is 0. The molecule has 0 aliphatic rings. The number of carbonyl (C=O) groups is 1. The van der Waals surface area contributed by atoms with Crippen molar-refractivity contribution in [3.05, 3.63) is 70.8 Å². The molecule has 3 heterocycles. The molecular formula is C21H21N5O3S. The number of amides is 1. The fourth-order valence-electron chi connectivity index (χ4n) is 3.06. The zero-order valence-corrected chi connectivity index (χ0v) is 17.4. The maximum Gasteiger partial charge on any atom is 0.248 e. The highest BCUT2D eigenvalue weighted by atomic mass is 32.1. The van der Waals surface area contributed by atoms with Crippen molar-refractivity contribution >= 4 is 17.2 Å². The molecule has 0 fully saturated rings. The molecule has 3 aromatic heterocycles. The van der Waals surface area contributed by atoms with Gasteiger partial charge < -0.3 is 19.0 Å². The molecule has 0 aliphatic carbocycles. The fraction of sp³-hybridized carbons (Fsp3) is 0.238. The van der Waals surface area contributed by atoms with Gasteiger partial charge in [0.15, 0.2) is 0 Å². The van der Waals surface area contributed by atoms with Crippen LogP contribution in [0.5, 0.6) is 5.75 Å². The average molecular weight is 423 g/mol. The Hall–Kier alpha value is -3.46. The van der Waals surface area contributed by atoms with Crippen molar-refractivity contribution in [1.82, 2.24) is 25.1 Å². The van der Waals surface area contributed by atoms with Crippen LogP contribution in [0, 0.1) is 0 Å². The number of rotatable bonds is 8. The zero-order valence-electron chi connectivity index (χ0n) is 16.6. The monoisotopic (exact) mass is 423 g/mol. The number of methoxy groups -OCH3 is 1. The lowest BCUT2D eigenvalue weighted by Gasteiger charge is -2.19. The van der Waals surface area contributed by atoms with Gasteiger partial charge in [0.2, 0.25) is 17.7 Å². The first-order chi connectivity index (χ1) is 14.6. The minimum Gasteiger partial charge on any atom is -0.497 e. The van der Waals surface area contributed by atoms with Crippen molar-refractivity contribution < 1.29 is 13.9 Å². The van der Waals surface area contributed by atoms with E-state index in [1.807, 2.05) is 58.9 Å². The average Bonchev–Trinajstić information content (AvgIpc) is 3.52. The van der Waals surface area contributed by atoms with Crippen LogP contribution in [0.1, 0.15) is 29.7 Å². The summed E-state index contributed by atoms with van der Waals surface area (Å²) in [6, 6.07) is 9.10. The highest BCUT2D eigenvalue weighted by molar-refractivity contribution is 7.08. The van der Waals surface area contributed by atoms with Crippen molar-refractivity contribution in [3.8, 4) is 17.2 Å². The van der Waals surface area contributed by atoms with Gasteiger partial charge in [-0.25, -0.2) is 4.98 Å². The molecule has 0 unspecified atom stereocenters. The van der Waals surface area contributed by atoms with E-state index in [0.717, 1.165) is 22.7 Å². The molecule has 1 amide bonds. The molecule has 1 aromatic carbocycles. The van der Waals surface area contributed by atoms with Gasteiger partial charge >= 0.3 is 0 Å². The predicted octanol–water partition coefficient (Wildman–Crippen LogP) is 3.38. The van der Waals surface area contributed by atoms with Crippen LogP contribution in [0.2, 0.25) is 0 Å². The van der Waals surface area contributed by atoms with Gasteiger partial charge in [0.25, 0.3) is 0 Å². The van der Waals surface area contributed by atoms with Gasteiger partial charge in [0.05, 0.1) is 7.11 Å². The van der Waals surface area contributed by atoms with Crippen molar-refractivity contribution in [2.24, 2.45) is 7.05 Å². The van der Waals surface area contributed by atoms with E-state index in [-0.39, 0.29) is 18.4 Å². The SMILES string of the molecule is COc1ccc([C@H](NC(=O)CCc2nnc(-c3ccsc3)o2)c2nccn2C)cc1. The molecule has 0 radical (unpaired) electrons.